The number of nitrogens with two attached hydrogens (primary N) is 1. The maximum Gasteiger partial charge on any atom is 0.235 e. The lowest BCUT2D eigenvalue weighted by atomic mass is 10.2. The summed E-state index contributed by atoms with van der Waals surface area (Å²) in [4.78, 5) is 18.1. The Hall–Kier alpha value is -2.81. The van der Waals surface area contributed by atoms with Gasteiger partial charge in [-0.15, -0.1) is 0 Å². The highest BCUT2D eigenvalue weighted by molar-refractivity contribution is 6.29. The Morgan fingerprint density at radius 3 is 2.54 bits per heavy atom. The zero-order chi connectivity index (χ0) is 17.3. The molecule has 0 fully saturated rings. The van der Waals surface area contributed by atoms with E-state index in [0.29, 0.717) is 11.6 Å². The lowest BCUT2D eigenvalue weighted by Gasteiger charge is -2.26. The fourth-order valence-electron chi connectivity index (χ4n) is 2.18. The minimum absolute atomic E-state index is 0.196. The molecule has 0 aliphatic heterocycles. The molecule has 0 spiro atoms. The molecule has 3 rings (SSSR count). The largest absolute Gasteiger partial charge is 0.383 e. The van der Waals surface area contributed by atoms with Gasteiger partial charge in [-0.25, -0.2) is 19.3 Å². The highest BCUT2D eigenvalue weighted by atomic mass is 35.5. The van der Waals surface area contributed by atoms with Crippen molar-refractivity contribution in [2.45, 2.75) is 19.9 Å². The fraction of sp³-hybridized carbons (Fsp3) is 0.214. The Morgan fingerprint density at radius 2 is 1.96 bits per heavy atom. The summed E-state index contributed by atoms with van der Waals surface area (Å²) < 4.78 is 13.1. The van der Waals surface area contributed by atoms with Gasteiger partial charge in [-0.2, -0.15) is 10.1 Å². The predicted molar refractivity (Wildman–Crippen MR) is 87.3 cm³/mol. The van der Waals surface area contributed by atoms with Crippen LogP contribution < -0.4 is 10.6 Å². The molecule has 0 saturated heterocycles. The quantitative estimate of drug-likeness (QED) is 0.697. The molecule has 0 saturated carbocycles. The molecule has 3 aromatic heterocycles. The van der Waals surface area contributed by atoms with Crippen LogP contribution >= 0.6 is 11.6 Å². The smallest absolute Gasteiger partial charge is 0.235 e. The van der Waals surface area contributed by atoms with E-state index in [-0.39, 0.29) is 16.9 Å². The highest BCUT2D eigenvalue weighted by Crippen LogP contribution is 2.31. The van der Waals surface area contributed by atoms with Crippen molar-refractivity contribution in [2.75, 3.05) is 10.6 Å². The molecule has 0 aliphatic rings. The van der Waals surface area contributed by atoms with Crippen molar-refractivity contribution in [1.82, 2.24) is 30.1 Å². The van der Waals surface area contributed by atoms with E-state index in [9.17, 15) is 4.39 Å². The minimum atomic E-state index is -0.517. The standard InChI is InChI=1S/C14H14ClFN8/c1-7-3-12(23-22-7)24(14-20-10(15)4-11(17)21-14)8(2)13-18-5-9(16)6-19-13/h3-6,8H,1-2H3,(H,22,23)(H2,17,20,21)/t8-/m0/s1. The Bertz CT molecular complexity index is 830. The molecule has 10 heteroatoms. The van der Waals surface area contributed by atoms with E-state index in [2.05, 4.69) is 30.1 Å². The van der Waals surface area contributed by atoms with Gasteiger partial charge in [0.2, 0.25) is 5.95 Å². The Balaban J connectivity index is 2.09. The number of hydrogen-bond donors (Lipinski definition) is 2. The fourth-order valence-corrected chi connectivity index (χ4v) is 2.37. The Labute approximate surface area is 141 Å². The van der Waals surface area contributed by atoms with Crippen LogP contribution in [0, 0.1) is 12.7 Å². The van der Waals surface area contributed by atoms with Crippen LogP contribution in [-0.2, 0) is 0 Å². The van der Waals surface area contributed by atoms with Gasteiger partial charge in [0, 0.05) is 17.8 Å². The maximum absolute atomic E-state index is 13.1. The number of nitrogen functional groups attached to an aromatic ring is 1. The number of H-pyrrole nitrogens is 1. The molecular formula is C14H14ClFN8. The van der Waals surface area contributed by atoms with Gasteiger partial charge in [-0.1, -0.05) is 11.6 Å². The first-order valence-electron chi connectivity index (χ1n) is 7.03. The van der Waals surface area contributed by atoms with Crippen molar-refractivity contribution >= 4 is 29.2 Å². The third-order valence-electron chi connectivity index (χ3n) is 3.26. The van der Waals surface area contributed by atoms with Crippen molar-refractivity contribution in [3.63, 3.8) is 0 Å². The molecular weight excluding hydrogens is 335 g/mol. The van der Waals surface area contributed by atoms with E-state index < -0.39 is 11.9 Å². The predicted octanol–water partition coefficient (Wildman–Crippen LogP) is 2.57. The molecule has 3 aromatic rings. The molecule has 0 unspecified atom stereocenters. The van der Waals surface area contributed by atoms with Crippen LogP contribution in [0.1, 0.15) is 24.5 Å². The first-order valence-corrected chi connectivity index (χ1v) is 7.40. The summed E-state index contributed by atoms with van der Waals surface area (Å²) in [6.45, 7) is 3.68. The third kappa shape index (κ3) is 3.25. The number of anilines is 3. The summed E-state index contributed by atoms with van der Waals surface area (Å²) in [5.74, 6) is 0.853. The van der Waals surface area contributed by atoms with E-state index >= 15 is 0 Å². The van der Waals surface area contributed by atoms with Crippen molar-refractivity contribution in [2.24, 2.45) is 0 Å². The molecule has 3 N–H and O–H groups in total. The molecule has 124 valence electrons. The summed E-state index contributed by atoms with van der Waals surface area (Å²) >= 11 is 5.99. The van der Waals surface area contributed by atoms with Gasteiger partial charge >= 0.3 is 0 Å². The first kappa shape index (κ1) is 16.1. The summed E-state index contributed by atoms with van der Waals surface area (Å²) in [6, 6.07) is 2.81. The van der Waals surface area contributed by atoms with E-state index in [1.165, 1.54) is 6.07 Å². The average molecular weight is 349 g/mol. The van der Waals surface area contributed by atoms with Gasteiger partial charge in [0.1, 0.15) is 11.0 Å². The van der Waals surface area contributed by atoms with Crippen LogP contribution in [0.25, 0.3) is 0 Å². The van der Waals surface area contributed by atoms with Gasteiger partial charge in [0.05, 0.1) is 18.4 Å². The number of aromatic nitrogens is 6. The van der Waals surface area contributed by atoms with Gasteiger partial charge in [0.25, 0.3) is 0 Å². The van der Waals surface area contributed by atoms with E-state index in [0.717, 1.165) is 18.1 Å². The van der Waals surface area contributed by atoms with Crippen molar-refractivity contribution < 1.29 is 4.39 Å². The van der Waals surface area contributed by atoms with Crippen LogP contribution in [0.3, 0.4) is 0 Å². The van der Waals surface area contributed by atoms with Crippen molar-refractivity contribution in [1.29, 1.82) is 0 Å². The summed E-state index contributed by atoms with van der Waals surface area (Å²) in [5, 5.41) is 7.27. The Kier molecular flexibility index (Phi) is 4.26. The molecule has 0 bridgehead atoms. The second kappa shape index (κ2) is 6.36. The third-order valence-corrected chi connectivity index (χ3v) is 3.45. The molecule has 3 heterocycles. The van der Waals surface area contributed by atoms with Gasteiger partial charge in [0.15, 0.2) is 17.5 Å². The number of nitrogens with zero attached hydrogens (tertiary/aromatic N) is 6. The zero-order valence-corrected chi connectivity index (χ0v) is 13.7. The van der Waals surface area contributed by atoms with Crippen molar-refractivity contribution in [3.05, 3.63) is 47.0 Å². The first-order chi connectivity index (χ1) is 11.4. The van der Waals surface area contributed by atoms with Crippen LogP contribution in [0.15, 0.2) is 24.5 Å². The second-order valence-electron chi connectivity index (χ2n) is 5.13. The Morgan fingerprint density at radius 1 is 1.25 bits per heavy atom. The number of aromatic amines is 1. The van der Waals surface area contributed by atoms with E-state index in [4.69, 9.17) is 17.3 Å². The number of aryl methyl sites for hydroxylation is 1. The van der Waals surface area contributed by atoms with Crippen molar-refractivity contribution in [3.8, 4) is 0 Å². The average Bonchev–Trinajstić information content (AvgIpc) is 2.93. The lowest BCUT2D eigenvalue weighted by Crippen LogP contribution is -2.26. The molecule has 0 aliphatic carbocycles. The number of hydrogen-bond acceptors (Lipinski definition) is 7. The van der Waals surface area contributed by atoms with Crippen LogP contribution in [0.2, 0.25) is 5.15 Å². The monoisotopic (exact) mass is 348 g/mol. The summed E-state index contributed by atoms with van der Waals surface area (Å²) in [6.07, 6.45) is 2.19. The molecule has 24 heavy (non-hydrogen) atoms. The molecule has 8 nitrogen and oxygen atoms in total. The topological polar surface area (TPSA) is 110 Å². The minimum Gasteiger partial charge on any atom is -0.383 e. The van der Waals surface area contributed by atoms with Crippen LogP contribution in [0.5, 0.6) is 0 Å². The molecule has 0 amide bonds. The van der Waals surface area contributed by atoms with E-state index in [1.807, 2.05) is 13.8 Å². The normalized spacial score (nSPS) is 12.2. The number of halogens is 2. The number of nitrogens with one attached hydrogen (secondary N) is 1. The highest BCUT2D eigenvalue weighted by Gasteiger charge is 2.25. The lowest BCUT2D eigenvalue weighted by molar-refractivity contribution is 0.598. The van der Waals surface area contributed by atoms with Gasteiger partial charge in [-0.05, 0) is 13.8 Å². The molecule has 1 atom stereocenters. The summed E-state index contributed by atoms with van der Waals surface area (Å²) in [7, 11) is 0. The molecule has 0 aromatic carbocycles. The summed E-state index contributed by atoms with van der Waals surface area (Å²) in [5.41, 5.74) is 6.61. The zero-order valence-electron chi connectivity index (χ0n) is 12.9. The van der Waals surface area contributed by atoms with Crippen LogP contribution in [0.4, 0.5) is 22.0 Å². The van der Waals surface area contributed by atoms with E-state index in [1.54, 1.807) is 11.0 Å². The van der Waals surface area contributed by atoms with Crippen LogP contribution in [-0.4, -0.2) is 30.1 Å². The maximum atomic E-state index is 13.1. The van der Waals surface area contributed by atoms with Gasteiger partial charge in [-0.3, -0.25) is 10.00 Å². The SMILES string of the molecule is Cc1cc(N(c2nc(N)cc(Cl)n2)[C@@H](C)c2ncc(F)cn2)n[nH]1. The second-order valence-corrected chi connectivity index (χ2v) is 5.52. The van der Waals surface area contributed by atoms with Gasteiger partial charge < -0.3 is 5.73 Å². The molecule has 0 radical (unpaired) electrons. The number of rotatable bonds is 4.